The van der Waals surface area contributed by atoms with Crippen LogP contribution < -0.4 is 14.2 Å². The number of ether oxygens (including phenoxy) is 4. The molecule has 0 atom stereocenters. The summed E-state index contributed by atoms with van der Waals surface area (Å²) in [4.78, 5) is 10.2. The maximum Gasteiger partial charge on any atom is 0.235 e. The van der Waals surface area contributed by atoms with Gasteiger partial charge in [0.05, 0.1) is 25.7 Å². The Balaban J connectivity index is 2.22. The topological polar surface area (TPSA) is 80.1 Å². The highest BCUT2D eigenvalue weighted by atomic mass is 16.6. The van der Waals surface area contributed by atoms with Crippen LogP contribution in [0, 0.1) is 10.1 Å². The molecule has 0 N–H and O–H groups in total. The molecule has 0 unspecified atom stereocenters. The largest absolute Gasteiger partial charge is 0.497 e. The molecule has 0 radical (unpaired) electrons. The van der Waals surface area contributed by atoms with Crippen molar-refractivity contribution in [3.05, 3.63) is 69.4 Å². The Morgan fingerprint density at radius 2 is 1.72 bits per heavy atom. The van der Waals surface area contributed by atoms with E-state index in [9.17, 15) is 10.1 Å². The molecule has 7 heteroatoms. The van der Waals surface area contributed by atoms with E-state index in [1.807, 2.05) is 43.3 Å². The molecule has 0 bridgehead atoms. The van der Waals surface area contributed by atoms with Gasteiger partial charge in [0, 0.05) is 24.3 Å². The number of hydrogen-bond acceptors (Lipinski definition) is 6. The fourth-order valence-electron chi connectivity index (χ4n) is 2.58. The van der Waals surface area contributed by atoms with Gasteiger partial charge >= 0.3 is 0 Å². The number of benzene rings is 2. The highest BCUT2D eigenvalue weighted by Crippen LogP contribution is 2.31. The maximum absolute atomic E-state index is 10.7. The lowest BCUT2D eigenvalue weighted by Gasteiger charge is -2.11. The van der Waals surface area contributed by atoms with Crippen molar-refractivity contribution in [3.63, 3.8) is 0 Å². The van der Waals surface area contributed by atoms with Gasteiger partial charge in [-0.05, 0) is 36.2 Å². The Labute approximate surface area is 170 Å². The molecule has 0 spiro atoms. The van der Waals surface area contributed by atoms with Gasteiger partial charge in [0.15, 0.2) is 0 Å². The van der Waals surface area contributed by atoms with Gasteiger partial charge in [-0.2, -0.15) is 0 Å². The van der Waals surface area contributed by atoms with Gasteiger partial charge in [-0.25, -0.2) is 0 Å². The number of nitro groups is 1. The van der Waals surface area contributed by atoms with E-state index in [-0.39, 0.29) is 0 Å². The molecule has 29 heavy (non-hydrogen) atoms. The van der Waals surface area contributed by atoms with E-state index in [2.05, 4.69) is 0 Å². The first-order chi connectivity index (χ1) is 14.1. The molecule has 0 fully saturated rings. The van der Waals surface area contributed by atoms with Gasteiger partial charge in [-0.3, -0.25) is 10.1 Å². The molecule has 0 amide bonds. The highest BCUT2D eigenvalue weighted by molar-refractivity contribution is 5.78. The Bertz CT molecular complexity index is 858. The van der Waals surface area contributed by atoms with Crippen LogP contribution in [0.5, 0.6) is 17.2 Å². The molecular formula is C22H25NO6. The molecule has 0 heterocycles. The Morgan fingerprint density at radius 1 is 0.966 bits per heavy atom. The van der Waals surface area contributed by atoms with E-state index in [0.717, 1.165) is 23.1 Å². The lowest BCUT2D eigenvalue weighted by atomic mass is 10.0. The molecule has 7 nitrogen and oxygen atoms in total. The second-order valence-corrected chi connectivity index (χ2v) is 5.88. The van der Waals surface area contributed by atoms with Crippen molar-refractivity contribution >= 4 is 18.2 Å². The van der Waals surface area contributed by atoms with Crippen LogP contribution in [-0.4, -0.2) is 39.0 Å². The van der Waals surface area contributed by atoms with Crippen LogP contribution in [0.2, 0.25) is 0 Å². The molecule has 2 rings (SSSR count). The Kier molecular flexibility index (Phi) is 8.72. The van der Waals surface area contributed by atoms with Crippen LogP contribution in [0.15, 0.2) is 42.6 Å². The monoisotopic (exact) mass is 399 g/mol. The number of nitrogens with zero attached hydrogens (tertiary/aromatic N) is 1. The number of rotatable bonds is 11. The average Bonchev–Trinajstić information content (AvgIpc) is 2.74. The zero-order valence-corrected chi connectivity index (χ0v) is 16.8. The van der Waals surface area contributed by atoms with Crippen LogP contribution in [0.4, 0.5) is 0 Å². The van der Waals surface area contributed by atoms with Crippen LogP contribution in [0.1, 0.15) is 23.6 Å². The second-order valence-electron chi connectivity index (χ2n) is 5.88. The van der Waals surface area contributed by atoms with Crippen molar-refractivity contribution in [2.75, 3.05) is 34.0 Å². The SMILES string of the molecule is CCOCCOc1ccc(/C=C/c2cc(OC)cc(OC)c2/C=C/[N+](=O)[O-])cc1. The van der Waals surface area contributed by atoms with Crippen molar-refractivity contribution in [1.29, 1.82) is 0 Å². The van der Waals surface area contributed by atoms with Crippen LogP contribution >= 0.6 is 0 Å². The number of methoxy groups -OCH3 is 2. The average molecular weight is 399 g/mol. The smallest absolute Gasteiger partial charge is 0.235 e. The standard InChI is InChI=1S/C22H25NO6/c1-4-28-13-14-29-19-9-6-17(7-10-19)5-8-18-15-20(26-2)16-22(27-3)21(18)11-12-23(24)25/h5-12,15-16H,4,13-14H2,1-3H3/b8-5+,12-11+. The van der Waals surface area contributed by atoms with Gasteiger partial charge in [0.1, 0.15) is 23.9 Å². The molecule has 154 valence electrons. The van der Waals surface area contributed by atoms with E-state index in [4.69, 9.17) is 18.9 Å². The van der Waals surface area contributed by atoms with Gasteiger partial charge < -0.3 is 18.9 Å². The van der Waals surface area contributed by atoms with Crippen molar-refractivity contribution in [2.24, 2.45) is 0 Å². The first kappa shape index (κ1) is 22.0. The summed E-state index contributed by atoms with van der Waals surface area (Å²) in [5, 5.41) is 10.7. The van der Waals surface area contributed by atoms with Crippen LogP contribution in [0.25, 0.3) is 18.2 Å². The maximum atomic E-state index is 10.7. The minimum absolute atomic E-state index is 0.486. The minimum Gasteiger partial charge on any atom is -0.497 e. The van der Waals surface area contributed by atoms with Crippen molar-refractivity contribution in [2.45, 2.75) is 6.92 Å². The summed E-state index contributed by atoms with van der Waals surface area (Å²) in [5.41, 5.74) is 2.28. The van der Waals surface area contributed by atoms with Gasteiger partial charge in [-0.15, -0.1) is 0 Å². The third-order valence-corrected chi connectivity index (χ3v) is 4.00. The molecule has 2 aromatic rings. The molecule has 0 saturated heterocycles. The molecule has 0 aliphatic rings. The predicted octanol–water partition coefficient (Wildman–Crippen LogP) is 4.54. The van der Waals surface area contributed by atoms with E-state index >= 15 is 0 Å². The van der Waals surface area contributed by atoms with E-state index in [1.54, 1.807) is 19.2 Å². The molecule has 0 saturated carbocycles. The van der Waals surface area contributed by atoms with Crippen molar-refractivity contribution in [3.8, 4) is 17.2 Å². The Morgan fingerprint density at radius 3 is 2.34 bits per heavy atom. The molecule has 0 aliphatic carbocycles. The van der Waals surface area contributed by atoms with Crippen LogP contribution in [-0.2, 0) is 4.74 Å². The van der Waals surface area contributed by atoms with E-state index in [1.165, 1.54) is 13.2 Å². The second kappa shape index (κ2) is 11.5. The lowest BCUT2D eigenvalue weighted by Crippen LogP contribution is -2.06. The Hall–Kier alpha value is -3.32. The zero-order chi connectivity index (χ0) is 21.1. The summed E-state index contributed by atoms with van der Waals surface area (Å²) in [7, 11) is 3.06. The summed E-state index contributed by atoms with van der Waals surface area (Å²) in [6.45, 7) is 3.66. The van der Waals surface area contributed by atoms with Crippen LogP contribution in [0.3, 0.4) is 0 Å². The lowest BCUT2D eigenvalue weighted by molar-refractivity contribution is -0.400. The summed E-state index contributed by atoms with van der Waals surface area (Å²) in [6, 6.07) is 11.1. The van der Waals surface area contributed by atoms with Crippen molar-refractivity contribution in [1.82, 2.24) is 0 Å². The number of hydrogen-bond donors (Lipinski definition) is 0. The van der Waals surface area contributed by atoms with Gasteiger partial charge in [0.25, 0.3) is 0 Å². The fourth-order valence-corrected chi connectivity index (χ4v) is 2.58. The van der Waals surface area contributed by atoms with Crippen molar-refractivity contribution < 1.29 is 23.9 Å². The predicted molar refractivity (Wildman–Crippen MR) is 113 cm³/mol. The third kappa shape index (κ3) is 6.97. The molecule has 2 aromatic carbocycles. The zero-order valence-electron chi connectivity index (χ0n) is 16.8. The summed E-state index contributed by atoms with van der Waals surface area (Å²) in [6.07, 6.45) is 6.06. The van der Waals surface area contributed by atoms with E-state index in [0.29, 0.717) is 36.9 Å². The highest BCUT2D eigenvalue weighted by Gasteiger charge is 2.09. The fraction of sp³-hybridized carbons (Fsp3) is 0.273. The first-order valence-electron chi connectivity index (χ1n) is 9.13. The minimum atomic E-state index is -0.512. The van der Waals surface area contributed by atoms with Gasteiger partial charge in [0.2, 0.25) is 6.20 Å². The molecule has 0 aliphatic heterocycles. The quantitative estimate of drug-likeness (QED) is 0.239. The summed E-state index contributed by atoms with van der Waals surface area (Å²) < 4.78 is 21.5. The summed E-state index contributed by atoms with van der Waals surface area (Å²) in [5.74, 6) is 1.84. The molecule has 0 aromatic heterocycles. The normalized spacial score (nSPS) is 11.1. The third-order valence-electron chi connectivity index (χ3n) is 4.00. The van der Waals surface area contributed by atoms with Gasteiger partial charge in [-0.1, -0.05) is 24.3 Å². The molecular weight excluding hydrogens is 374 g/mol. The van der Waals surface area contributed by atoms with E-state index < -0.39 is 4.92 Å². The summed E-state index contributed by atoms with van der Waals surface area (Å²) >= 11 is 0. The first-order valence-corrected chi connectivity index (χ1v) is 9.13.